The van der Waals surface area contributed by atoms with Gasteiger partial charge < -0.3 is 19.2 Å². The van der Waals surface area contributed by atoms with Gasteiger partial charge in [-0.2, -0.15) is 4.98 Å². The van der Waals surface area contributed by atoms with Gasteiger partial charge in [-0.1, -0.05) is 5.16 Å². The van der Waals surface area contributed by atoms with Crippen molar-refractivity contribution in [2.45, 2.75) is 52.9 Å². The zero-order chi connectivity index (χ0) is 21.1. The Labute approximate surface area is 178 Å². The third-order valence-electron chi connectivity index (χ3n) is 6.19. The molecule has 0 unspecified atom stereocenters. The van der Waals surface area contributed by atoms with Gasteiger partial charge in [-0.25, -0.2) is 4.98 Å². The Morgan fingerprint density at radius 3 is 2.37 bits per heavy atom. The Hall–Kier alpha value is -2.64. The minimum Gasteiger partial charge on any atom is -0.361 e. The molecule has 0 saturated carbocycles. The molecule has 2 aromatic rings. The van der Waals surface area contributed by atoms with Gasteiger partial charge in [0, 0.05) is 63.0 Å². The molecule has 0 bridgehead atoms. The number of aromatic nitrogens is 3. The summed E-state index contributed by atoms with van der Waals surface area (Å²) < 4.78 is 5.20. The summed E-state index contributed by atoms with van der Waals surface area (Å²) >= 11 is 0. The molecule has 4 rings (SSSR count). The minimum absolute atomic E-state index is 0.197. The van der Waals surface area contributed by atoms with Crippen molar-refractivity contribution in [3.8, 4) is 0 Å². The standard InChI is InChI=1S/C22H32N6O2/c1-16-15-20(24-22(23-16)28-9-5-4-6-10-28)26-11-13-27(14-12-26)21(29)8-7-19-17(2)25-30-18(19)3/h15H,4-14H2,1-3H3. The zero-order valence-corrected chi connectivity index (χ0v) is 18.4. The van der Waals surface area contributed by atoms with Crippen LogP contribution in [0.5, 0.6) is 0 Å². The molecule has 2 saturated heterocycles. The zero-order valence-electron chi connectivity index (χ0n) is 18.4. The Balaban J connectivity index is 1.34. The lowest BCUT2D eigenvalue weighted by molar-refractivity contribution is -0.131. The van der Waals surface area contributed by atoms with Crippen LogP contribution in [0.25, 0.3) is 0 Å². The molecule has 30 heavy (non-hydrogen) atoms. The van der Waals surface area contributed by atoms with Gasteiger partial charge >= 0.3 is 0 Å². The summed E-state index contributed by atoms with van der Waals surface area (Å²) in [5.74, 6) is 2.84. The van der Waals surface area contributed by atoms with Crippen LogP contribution in [-0.2, 0) is 11.2 Å². The number of aryl methyl sites for hydroxylation is 3. The fourth-order valence-electron chi connectivity index (χ4n) is 4.37. The van der Waals surface area contributed by atoms with Gasteiger partial charge in [0.2, 0.25) is 11.9 Å². The van der Waals surface area contributed by atoms with Crippen molar-refractivity contribution in [3.05, 3.63) is 28.8 Å². The quantitative estimate of drug-likeness (QED) is 0.747. The van der Waals surface area contributed by atoms with Crippen molar-refractivity contribution >= 4 is 17.7 Å². The highest BCUT2D eigenvalue weighted by atomic mass is 16.5. The molecule has 2 aromatic heterocycles. The monoisotopic (exact) mass is 412 g/mol. The predicted molar refractivity (Wildman–Crippen MR) is 116 cm³/mol. The molecule has 162 valence electrons. The largest absolute Gasteiger partial charge is 0.361 e. The smallest absolute Gasteiger partial charge is 0.227 e. The molecule has 2 fully saturated rings. The first-order valence-corrected chi connectivity index (χ1v) is 11.1. The van der Waals surface area contributed by atoms with Crippen LogP contribution in [0, 0.1) is 20.8 Å². The number of anilines is 2. The second kappa shape index (κ2) is 9.02. The molecule has 2 aliphatic rings. The molecular formula is C22H32N6O2. The second-order valence-corrected chi connectivity index (χ2v) is 8.39. The predicted octanol–water partition coefficient (Wildman–Crippen LogP) is 2.66. The summed E-state index contributed by atoms with van der Waals surface area (Å²) in [4.78, 5) is 28.8. The summed E-state index contributed by atoms with van der Waals surface area (Å²) in [5, 5.41) is 3.98. The van der Waals surface area contributed by atoms with Crippen LogP contribution in [0.2, 0.25) is 0 Å². The van der Waals surface area contributed by atoms with E-state index in [2.05, 4.69) is 26.0 Å². The third-order valence-corrected chi connectivity index (χ3v) is 6.19. The van der Waals surface area contributed by atoms with Gasteiger partial charge in [0.25, 0.3) is 0 Å². The number of carbonyl (C=O) groups excluding carboxylic acids is 1. The fourth-order valence-corrected chi connectivity index (χ4v) is 4.37. The molecule has 0 atom stereocenters. The van der Waals surface area contributed by atoms with Crippen LogP contribution in [-0.4, -0.2) is 65.2 Å². The summed E-state index contributed by atoms with van der Waals surface area (Å²) in [6.07, 6.45) is 4.89. The number of nitrogens with zero attached hydrogens (tertiary/aromatic N) is 6. The summed E-state index contributed by atoms with van der Waals surface area (Å²) in [7, 11) is 0. The van der Waals surface area contributed by atoms with Gasteiger partial charge in [0.05, 0.1) is 5.69 Å². The first kappa shape index (κ1) is 20.6. The Kier molecular flexibility index (Phi) is 6.20. The maximum atomic E-state index is 12.7. The van der Waals surface area contributed by atoms with E-state index < -0.39 is 0 Å². The van der Waals surface area contributed by atoms with E-state index in [0.29, 0.717) is 12.8 Å². The normalized spacial score (nSPS) is 17.5. The Morgan fingerprint density at radius 2 is 1.70 bits per heavy atom. The van der Waals surface area contributed by atoms with E-state index >= 15 is 0 Å². The highest BCUT2D eigenvalue weighted by Crippen LogP contribution is 2.22. The number of piperidine rings is 1. The second-order valence-electron chi connectivity index (χ2n) is 8.39. The van der Waals surface area contributed by atoms with E-state index in [-0.39, 0.29) is 5.91 Å². The van der Waals surface area contributed by atoms with Crippen molar-refractivity contribution in [1.29, 1.82) is 0 Å². The number of carbonyl (C=O) groups is 1. The van der Waals surface area contributed by atoms with E-state index in [9.17, 15) is 4.79 Å². The lowest BCUT2D eigenvalue weighted by Crippen LogP contribution is -2.49. The van der Waals surface area contributed by atoms with Crippen LogP contribution in [0.4, 0.5) is 11.8 Å². The molecule has 2 aliphatic heterocycles. The molecule has 0 spiro atoms. The molecule has 0 radical (unpaired) electrons. The van der Waals surface area contributed by atoms with Crippen LogP contribution < -0.4 is 9.80 Å². The Morgan fingerprint density at radius 1 is 0.967 bits per heavy atom. The number of amides is 1. The van der Waals surface area contributed by atoms with Crippen molar-refractivity contribution in [2.75, 3.05) is 49.1 Å². The third kappa shape index (κ3) is 4.57. The molecular weight excluding hydrogens is 380 g/mol. The number of hydrogen-bond acceptors (Lipinski definition) is 7. The van der Waals surface area contributed by atoms with Gasteiger partial charge in [-0.05, 0) is 46.5 Å². The SMILES string of the molecule is Cc1cc(N2CCN(C(=O)CCc3c(C)noc3C)CC2)nc(N2CCCCC2)n1. The molecule has 0 aromatic carbocycles. The van der Waals surface area contributed by atoms with Crippen molar-refractivity contribution in [3.63, 3.8) is 0 Å². The van der Waals surface area contributed by atoms with Gasteiger partial charge in [-0.15, -0.1) is 0 Å². The minimum atomic E-state index is 0.197. The number of piperazine rings is 1. The Bertz CT molecular complexity index is 862. The van der Waals surface area contributed by atoms with Crippen molar-refractivity contribution in [2.24, 2.45) is 0 Å². The molecule has 4 heterocycles. The molecule has 0 aliphatic carbocycles. The van der Waals surface area contributed by atoms with Gasteiger partial charge in [0.1, 0.15) is 11.6 Å². The van der Waals surface area contributed by atoms with Crippen LogP contribution in [0.3, 0.4) is 0 Å². The average Bonchev–Trinajstić information content (AvgIpc) is 3.09. The lowest BCUT2D eigenvalue weighted by atomic mass is 10.1. The first-order valence-electron chi connectivity index (χ1n) is 11.1. The summed E-state index contributed by atoms with van der Waals surface area (Å²) in [6, 6.07) is 2.06. The van der Waals surface area contributed by atoms with Crippen LogP contribution >= 0.6 is 0 Å². The fraction of sp³-hybridized carbons (Fsp3) is 0.636. The van der Waals surface area contributed by atoms with E-state index in [1.165, 1.54) is 19.3 Å². The van der Waals surface area contributed by atoms with Crippen LogP contribution in [0.15, 0.2) is 10.6 Å². The van der Waals surface area contributed by atoms with E-state index in [1.54, 1.807) is 0 Å². The maximum Gasteiger partial charge on any atom is 0.227 e. The van der Waals surface area contributed by atoms with Crippen LogP contribution in [0.1, 0.15) is 48.4 Å². The van der Waals surface area contributed by atoms with Crippen molar-refractivity contribution < 1.29 is 9.32 Å². The summed E-state index contributed by atoms with van der Waals surface area (Å²) in [6.45, 7) is 11.0. The highest BCUT2D eigenvalue weighted by Gasteiger charge is 2.24. The first-order chi connectivity index (χ1) is 14.5. The average molecular weight is 413 g/mol. The molecule has 0 N–H and O–H groups in total. The molecule has 8 heteroatoms. The van der Waals surface area contributed by atoms with E-state index in [4.69, 9.17) is 9.51 Å². The van der Waals surface area contributed by atoms with Gasteiger partial charge in [0.15, 0.2) is 0 Å². The topological polar surface area (TPSA) is 78.6 Å². The number of hydrogen-bond donors (Lipinski definition) is 0. The maximum absolute atomic E-state index is 12.7. The van der Waals surface area contributed by atoms with E-state index in [1.807, 2.05) is 25.7 Å². The van der Waals surface area contributed by atoms with Crippen molar-refractivity contribution in [1.82, 2.24) is 20.0 Å². The molecule has 8 nitrogen and oxygen atoms in total. The highest BCUT2D eigenvalue weighted by molar-refractivity contribution is 5.76. The lowest BCUT2D eigenvalue weighted by Gasteiger charge is -2.36. The van der Waals surface area contributed by atoms with E-state index in [0.717, 1.165) is 73.7 Å². The summed E-state index contributed by atoms with van der Waals surface area (Å²) in [5.41, 5.74) is 2.94. The molecule has 1 amide bonds. The van der Waals surface area contributed by atoms with Gasteiger partial charge in [-0.3, -0.25) is 4.79 Å². The number of rotatable bonds is 5.